The standard InChI is InChI=1S/C9H16N4O5S/c1-7-11-8(18-12-7)3-5-10-19(16,17)13(2)6-4-9(14)15/h10H,3-6H2,1-2H3,(H,14,15). The summed E-state index contributed by atoms with van der Waals surface area (Å²) < 4.78 is 31.5. The predicted octanol–water partition coefficient (Wildman–Crippen LogP) is -0.839. The van der Waals surface area contributed by atoms with Crippen LogP contribution in [-0.4, -0.2) is 54.1 Å². The first-order chi connectivity index (χ1) is 8.81. The number of aryl methyl sites for hydroxylation is 1. The van der Waals surface area contributed by atoms with E-state index in [1.807, 2.05) is 0 Å². The van der Waals surface area contributed by atoms with Crippen molar-refractivity contribution in [2.45, 2.75) is 19.8 Å². The van der Waals surface area contributed by atoms with Crippen molar-refractivity contribution in [3.8, 4) is 0 Å². The third-order valence-corrected chi connectivity index (χ3v) is 3.82. The maximum atomic E-state index is 11.7. The maximum absolute atomic E-state index is 11.7. The topological polar surface area (TPSA) is 126 Å². The van der Waals surface area contributed by atoms with Gasteiger partial charge in [0.15, 0.2) is 5.82 Å². The normalized spacial score (nSPS) is 11.9. The van der Waals surface area contributed by atoms with Crippen LogP contribution in [0.15, 0.2) is 4.52 Å². The van der Waals surface area contributed by atoms with E-state index in [-0.39, 0.29) is 25.9 Å². The number of carbonyl (C=O) groups is 1. The van der Waals surface area contributed by atoms with Gasteiger partial charge in [-0.1, -0.05) is 5.16 Å². The molecule has 10 heteroatoms. The number of carboxylic acids is 1. The molecule has 0 fully saturated rings. The van der Waals surface area contributed by atoms with Crippen LogP contribution in [0.25, 0.3) is 0 Å². The van der Waals surface area contributed by atoms with Crippen molar-refractivity contribution in [3.05, 3.63) is 11.7 Å². The Kier molecular flexibility index (Phi) is 5.39. The van der Waals surface area contributed by atoms with Gasteiger partial charge in [0.1, 0.15) is 0 Å². The minimum atomic E-state index is -3.69. The number of rotatable bonds is 8. The molecular weight excluding hydrogens is 276 g/mol. The SMILES string of the molecule is Cc1noc(CCNS(=O)(=O)N(C)CCC(=O)O)n1. The van der Waals surface area contributed by atoms with Crippen molar-refractivity contribution in [1.82, 2.24) is 19.2 Å². The summed E-state index contributed by atoms with van der Waals surface area (Å²) in [6.07, 6.45) is 0.0209. The van der Waals surface area contributed by atoms with Gasteiger partial charge in [0, 0.05) is 26.6 Å². The largest absolute Gasteiger partial charge is 0.481 e. The van der Waals surface area contributed by atoms with Gasteiger partial charge in [-0.2, -0.15) is 17.7 Å². The number of carboxylic acid groups (broad SMARTS) is 1. The van der Waals surface area contributed by atoms with Crippen molar-refractivity contribution in [2.75, 3.05) is 20.1 Å². The second-order valence-electron chi connectivity index (χ2n) is 3.85. The average molecular weight is 292 g/mol. The lowest BCUT2D eigenvalue weighted by Crippen LogP contribution is -2.40. The fourth-order valence-corrected chi connectivity index (χ4v) is 2.12. The molecule has 108 valence electrons. The van der Waals surface area contributed by atoms with Crippen molar-refractivity contribution >= 4 is 16.2 Å². The summed E-state index contributed by atoms with van der Waals surface area (Å²) in [5, 5.41) is 12.1. The molecule has 0 radical (unpaired) electrons. The molecule has 1 heterocycles. The molecule has 0 saturated carbocycles. The Hall–Kier alpha value is -1.52. The summed E-state index contributed by atoms with van der Waals surface area (Å²) in [6.45, 7) is 1.67. The number of nitrogens with zero attached hydrogens (tertiary/aromatic N) is 3. The molecule has 2 N–H and O–H groups in total. The molecule has 0 atom stereocenters. The van der Waals surface area contributed by atoms with E-state index in [1.165, 1.54) is 7.05 Å². The highest BCUT2D eigenvalue weighted by Crippen LogP contribution is 1.99. The van der Waals surface area contributed by atoms with Gasteiger partial charge in [0.05, 0.1) is 6.42 Å². The Morgan fingerprint density at radius 2 is 2.21 bits per heavy atom. The number of aliphatic carboxylic acids is 1. The molecule has 0 saturated heterocycles. The summed E-state index contributed by atoms with van der Waals surface area (Å²) in [4.78, 5) is 14.3. The summed E-state index contributed by atoms with van der Waals surface area (Å²) in [6, 6.07) is 0. The predicted molar refractivity (Wildman–Crippen MR) is 64.5 cm³/mol. The van der Waals surface area contributed by atoms with Crippen LogP contribution in [0.3, 0.4) is 0 Å². The molecule has 9 nitrogen and oxygen atoms in total. The van der Waals surface area contributed by atoms with E-state index in [1.54, 1.807) is 6.92 Å². The summed E-state index contributed by atoms with van der Waals surface area (Å²) in [5.41, 5.74) is 0. The number of hydrogen-bond donors (Lipinski definition) is 2. The van der Waals surface area contributed by atoms with Crippen LogP contribution in [-0.2, 0) is 21.4 Å². The van der Waals surface area contributed by atoms with E-state index in [4.69, 9.17) is 9.63 Å². The molecular formula is C9H16N4O5S. The molecule has 0 spiro atoms. The van der Waals surface area contributed by atoms with Crippen LogP contribution < -0.4 is 4.72 Å². The molecule has 0 unspecified atom stereocenters. The van der Waals surface area contributed by atoms with Crippen LogP contribution in [0, 0.1) is 6.92 Å². The highest BCUT2D eigenvalue weighted by atomic mass is 32.2. The highest BCUT2D eigenvalue weighted by molar-refractivity contribution is 7.87. The van der Waals surface area contributed by atoms with Crippen molar-refractivity contribution in [3.63, 3.8) is 0 Å². The second kappa shape index (κ2) is 6.59. The van der Waals surface area contributed by atoms with Gasteiger partial charge >= 0.3 is 5.97 Å². The lowest BCUT2D eigenvalue weighted by Gasteiger charge is -2.16. The average Bonchev–Trinajstić information content (AvgIpc) is 2.71. The van der Waals surface area contributed by atoms with E-state index in [0.29, 0.717) is 11.7 Å². The zero-order valence-electron chi connectivity index (χ0n) is 10.7. The van der Waals surface area contributed by atoms with Gasteiger partial charge in [-0.25, -0.2) is 4.72 Å². The summed E-state index contributed by atoms with van der Waals surface area (Å²) >= 11 is 0. The first-order valence-corrected chi connectivity index (χ1v) is 6.97. The molecule has 0 aliphatic carbocycles. The Morgan fingerprint density at radius 1 is 1.53 bits per heavy atom. The Balaban J connectivity index is 2.39. The quantitative estimate of drug-likeness (QED) is 0.639. The summed E-state index contributed by atoms with van der Waals surface area (Å²) in [7, 11) is -2.38. The van der Waals surface area contributed by atoms with E-state index >= 15 is 0 Å². The van der Waals surface area contributed by atoms with Crippen molar-refractivity contribution in [1.29, 1.82) is 0 Å². The van der Waals surface area contributed by atoms with Gasteiger partial charge in [-0.3, -0.25) is 4.79 Å². The van der Waals surface area contributed by atoms with Crippen molar-refractivity contribution in [2.24, 2.45) is 0 Å². The molecule has 1 aromatic heterocycles. The van der Waals surface area contributed by atoms with Gasteiger partial charge < -0.3 is 9.63 Å². The highest BCUT2D eigenvalue weighted by Gasteiger charge is 2.18. The van der Waals surface area contributed by atoms with Gasteiger partial charge in [-0.05, 0) is 6.92 Å². The van der Waals surface area contributed by atoms with Crippen LogP contribution in [0.1, 0.15) is 18.1 Å². The molecule has 19 heavy (non-hydrogen) atoms. The van der Waals surface area contributed by atoms with E-state index in [9.17, 15) is 13.2 Å². The fourth-order valence-electron chi connectivity index (χ4n) is 1.21. The molecule has 0 aliphatic rings. The van der Waals surface area contributed by atoms with Crippen LogP contribution >= 0.6 is 0 Å². The van der Waals surface area contributed by atoms with Gasteiger partial charge in [0.2, 0.25) is 5.89 Å². The lowest BCUT2D eigenvalue weighted by atomic mass is 10.4. The fraction of sp³-hybridized carbons (Fsp3) is 0.667. The van der Waals surface area contributed by atoms with Crippen LogP contribution in [0.4, 0.5) is 0 Å². The molecule has 1 rings (SSSR count). The molecule has 0 aromatic carbocycles. The Morgan fingerprint density at radius 3 is 2.74 bits per heavy atom. The Bertz CT molecular complexity index is 526. The number of aromatic nitrogens is 2. The minimum Gasteiger partial charge on any atom is -0.481 e. The Labute approximate surface area is 110 Å². The minimum absolute atomic E-state index is 0.0929. The monoisotopic (exact) mass is 292 g/mol. The molecule has 0 amide bonds. The first-order valence-electron chi connectivity index (χ1n) is 5.53. The van der Waals surface area contributed by atoms with Crippen molar-refractivity contribution < 1.29 is 22.8 Å². The second-order valence-corrected chi connectivity index (χ2v) is 5.71. The van der Waals surface area contributed by atoms with E-state index < -0.39 is 16.2 Å². The molecule has 0 aliphatic heterocycles. The first kappa shape index (κ1) is 15.5. The lowest BCUT2D eigenvalue weighted by molar-refractivity contribution is -0.137. The number of hydrogen-bond acceptors (Lipinski definition) is 6. The smallest absolute Gasteiger partial charge is 0.304 e. The third-order valence-electron chi connectivity index (χ3n) is 2.24. The molecule has 0 bridgehead atoms. The summed E-state index contributed by atoms with van der Waals surface area (Å²) in [5.74, 6) is -0.229. The van der Waals surface area contributed by atoms with E-state index in [0.717, 1.165) is 4.31 Å². The van der Waals surface area contributed by atoms with E-state index in [2.05, 4.69) is 14.9 Å². The van der Waals surface area contributed by atoms with Crippen LogP contribution in [0.5, 0.6) is 0 Å². The third kappa shape index (κ3) is 5.32. The maximum Gasteiger partial charge on any atom is 0.304 e. The van der Waals surface area contributed by atoms with Crippen LogP contribution in [0.2, 0.25) is 0 Å². The zero-order valence-corrected chi connectivity index (χ0v) is 11.5. The number of nitrogens with one attached hydrogen (secondary N) is 1. The van der Waals surface area contributed by atoms with Gasteiger partial charge in [-0.15, -0.1) is 0 Å². The van der Waals surface area contributed by atoms with Gasteiger partial charge in [0.25, 0.3) is 10.2 Å². The molecule has 1 aromatic rings. The zero-order chi connectivity index (χ0) is 14.5.